The number of hydrogen-bond acceptors (Lipinski definition) is 13. The molecule has 15 nitrogen and oxygen atoms in total. The first-order valence-electron chi connectivity index (χ1n) is 9.69. The van der Waals surface area contributed by atoms with Crippen LogP contribution in [0.4, 0.5) is 0 Å². The second kappa shape index (κ2) is 10.6. The molecule has 0 radical (unpaired) electrons. The highest BCUT2D eigenvalue weighted by atomic mass is 16.7. The third-order valence-electron chi connectivity index (χ3n) is 5.35. The zero-order chi connectivity index (χ0) is 24.4. The van der Waals surface area contributed by atoms with Crippen molar-refractivity contribution < 1.29 is 69.8 Å². The van der Waals surface area contributed by atoms with E-state index < -0.39 is 98.5 Å². The second-order valence-corrected chi connectivity index (χ2v) is 7.73. The minimum atomic E-state index is -2.70. The van der Waals surface area contributed by atoms with Gasteiger partial charge >= 0.3 is 5.97 Å². The lowest BCUT2D eigenvalue weighted by Gasteiger charge is -2.46. The number of carboxylic acid groups (broad SMARTS) is 1. The van der Waals surface area contributed by atoms with Crippen LogP contribution < -0.4 is 5.32 Å². The lowest BCUT2D eigenvalue weighted by Crippen LogP contribution is -2.66. The number of ether oxygens (including phenoxy) is 3. The summed E-state index contributed by atoms with van der Waals surface area (Å²) >= 11 is 0. The van der Waals surface area contributed by atoms with E-state index in [1.165, 1.54) is 0 Å². The van der Waals surface area contributed by atoms with E-state index in [0.717, 1.165) is 6.92 Å². The highest BCUT2D eigenvalue weighted by Crippen LogP contribution is 2.34. The van der Waals surface area contributed by atoms with Crippen LogP contribution in [-0.2, 0) is 23.8 Å². The summed E-state index contributed by atoms with van der Waals surface area (Å²) in [5, 5.41) is 91.0. The van der Waals surface area contributed by atoms with E-state index in [9.17, 15) is 50.4 Å². The van der Waals surface area contributed by atoms with Crippen molar-refractivity contribution in [1.82, 2.24) is 5.32 Å². The molecule has 2 aliphatic heterocycles. The van der Waals surface area contributed by atoms with Gasteiger partial charge in [-0.3, -0.25) is 4.79 Å². The van der Waals surface area contributed by atoms with Gasteiger partial charge in [0.2, 0.25) is 5.91 Å². The van der Waals surface area contributed by atoms with Crippen molar-refractivity contribution >= 4 is 11.9 Å². The summed E-state index contributed by atoms with van der Waals surface area (Å²) in [6, 6.07) is -1.38. The maximum Gasteiger partial charge on any atom is 0.364 e. The van der Waals surface area contributed by atoms with Crippen molar-refractivity contribution in [2.45, 2.75) is 80.3 Å². The van der Waals surface area contributed by atoms with Gasteiger partial charge in [0, 0.05) is 13.3 Å². The van der Waals surface area contributed by atoms with E-state index >= 15 is 0 Å². The van der Waals surface area contributed by atoms with Gasteiger partial charge in [0.15, 0.2) is 6.29 Å². The number of aliphatic carboxylic acids is 1. The third-order valence-corrected chi connectivity index (χ3v) is 5.35. The topological polar surface area (TPSA) is 256 Å². The predicted octanol–water partition coefficient (Wildman–Crippen LogP) is -6.05. The van der Waals surface area contributed by atoms with Crippen molar-refractivity contribution in [3.8, 4) is 0 Å². The average Bonchev–Trinajstić information content (AvgIpc) is 2.73. The molecule has 186 valence electrons. The fraction of sp³-hybridized carbons (Fsp3) is 0.882. The van der Waals surface area contributed by atoms with Crippen LogP contribution in [0.1, 0.15) is 13.3 Å². The number of aliphatic hydroxyl groups excluding tert-OH is 8. The Morgan fingerprint density at radius 3 is 2.28 bits per heavy atom. The van der Waals surface area contributed by atoms with E-state index in [2.05, 4.69) is 5.32 Å². The van der Waals surface area contributed by atoms with Crippen LogP contribution in [0.2, 0.25) is 0 Å². The van der Waals surface area contributed by atoms with Crippen molar-refractivity contribution in [2.75, 3.05) is 13.2 Å². The fourth-order valence-electron chi connectivity index (χ4n) is 3.54. The number of carboxylic acids is 1. The highest BCUT2D eigenvalue weighted by Gasteiger charge is 2.56. The van der Waals surface area contributed by atoms with Gasteiger partial charge in [0.1, 0.15) is 48.8 Å². The molecule has 32 heavy (non-hydrogen) atoms. The molecule has 15 heteroatoms. The van der Waals surface area contributed by atoms with Gasteiger partial charge in [-0.25, -0.2) is 4.79 Å². The maximum absolute atomic E-state index is 11.9. The van der Waals surface area contributed by atoms with E-state index in [0.29, 0.717) is 0 Å². The zero-order valence-electron chi connectivity index (χ0n) is 17.0. The second-order valence-electron chi connectivity index (χ2n) is 7.73. The molecule has 0 aromatic heterocycles. The smallest absolute Gasteiger partial charge is 0.364 e. The number of nitrogens with one attached hydrogen (secondary N) is 1. The molecule has 4 unspecified atom stereocenters. The molecular weight excluding hydrogens is 442 g/mol. The molecule has 2 rings (SSSR count). The molecule has 0 aliphatic carbocycles. The van der Waals surface area contributed by atoms with E-state index in [-0.39, 0.29) is 0 Å². The molecule has 2 aliphatic rings. The molecule has 0 aromatic carbocycles. The number of rotatable bonds is 8. The van der Waals surface area contributed by atoms with Gasteiger partial charge in [-0.15, -0.1) is 0 Å². The van der Waals surface area contributed by atoms with Crippen LogP contribution in [0, 0.1) is 0 Å². The molecule has 0 saturated carbocycles. The van der Waals surface area contributed by atoms with Crippen molar-refractivity contribution in [1.29, 1.82) is 0 Å². The normalized spacial score (nSPS) is 42.2. The van der Waals surface area contributed by atoms with Crippen molar-refractivity contribution in [2.24, 2.45) is 0 Å². The van der Waals surface area contributed by atoms with Crippen LogP contribution in [0.15, 0.2) is 0 Å². The van der Waals surface area contributed by atoms with Crippen LogP contribution in [0.5, 0.6) is 0 Å². The molecule has 11 atom stereocenters. The minimum absolute atomic E-state index is 0.624. The Bertz CT molecular complexity index is 665. The Balaban J connectivity index is 2.17. The summed E-state index contributed by atoms with van der Waals surface area (Å²) in [5.74, 6) is -5.13. The summed E-state index contributed by atoms with van der Waals surface area (Å²) in [6.45, 7) is -0.670. The van der Waals surface area contributed by atoms with Crippen molar-refractivity contribution in [3.63, 3.8) is 0 Å². The summed E-state index contributed by atoms with van der Waals surface area (Å²) in [7, 11) is 0. The summed E-state index contributed by atoms with van der Waals surface area (Å²) < 4.78 is 15.5. The van der Waals surface area contributed by atoms with Crippen LogP contribution in [0.3, 0.4) is 0 Å². The zero-order valence-corrected chi connectivity index (χ0v) is 17.0. The Kier molecular flexibility index (Phi) is 8.88. The molecule has 2 fully saturated rings. The summed E-state index contributed by atoms with van der Waals surface area (Å²) in [5.41, 5.74) is 0. The number of hydrogen-bond donors (Lipinski definition) is 10. The van der Waals surface area contributed by atoms with Gasteiger partial charge in [-0.2, -0.15) is 0 Å². The lowest BCUT2D eigenvalue weighted by atomic mass is 9.90. The Morgan fingerprint density at radius 1 is 1.12 bits per heavy atom. The maximum atomic E-state index is 11.9. The van der Waals surface area contributed by atoms with Crippen LogP contribution in [0.25, 0.3) is 0 Å². The molecule has 0 bridgehead atoms. The van der Waals surface area contributed by atoms with E-state index in [4.69, 9.17) is 19.3 Å². The van der Waals surface area contributed by atoms with Gasteiger partial charge in [-0.05, 0) is 0 Å². The van der Waals surface area contributed by atoms with Gasteiger partial charge in [0.05, 0.1) is 19.3 Å². The predicted molar refractivity (Wildman–Crippen MR) is 97.4 cm³/mol. The summed E-state index contributed by atoms with van der Waals surface area (Å²) in [4.78, 5) is 23.1. The molecule has 2 heterocycles. The lowest BCUT2D eigenvalue weighted by molar-refractivity contribution is -0.340. The van der Waals surface area contributed by atoms with E-state index in [1.807, 2.05) is 0 Å². The molecule has 0 spiro atoms. The van der Waals surface area contributed by atoms with Gasteiger partial charge < -0.3 is 65.5 Å². The van der Waals surface area contributed by atoms with Crippen LogP contribution >= 0.6 is 0 Å². The molecular formula is C17H29NO14. The Hall–Kier alpha value is -1.50. The quantitative estimate of drug-likeness (QED) is 0.158. The Morgan fingerprint density at radius 2 is 1.75 bits per heavy atom. The minimum Gasteiger partial charge on any atom is -0.477 e. The first kappa shape index (κ1) is 26.7. The van der Waals surface area contributed by atoms with Crippen molar-refractivity contribution in [3.05, 3.63) is 0 Å². The van der Waals surface area contributed by atoms with Gasteiger partial charge in [-0.1, -0.05) is 0 Å². The highest BCUT2D eigenvalue weighted by molar-refractivity contribution is 5.76. The van der Waals surface area contributed by atoms with Crippen LogP contribution in [-0.4, -0.2) is 138 Å². The molecule has 0 aromatic rings. The molecule has 2 saturated heterocycles. The Labute approximate surface area is 181 Å². The summed E-state index contributed by atoms with van der Waals surface area (Å²) in [6.07, 6.45) is -17.0. The van der Waals surface area contributed by atoms with Gasteiger partial charge in [0.25, 0.3) is 5.79 Å². The number of amides is 1. The molecule has 1 amide bonds. The standard InChI is InChI=1S/C17H29NO14/c1-5(20)18-9-13(26)12(25)8(31-15(9)27)4-30-17(16(28)29)2-6(21)10(23)14(32-17)11(24)7(22)3-19/h6-15,19,21-27H,2-4H2,1H3,(H,18,20)(H,28,29)/t6-,7-,8?,9?,10-,11-,12+,13?,14?,15-,17-/m1/s1. The average molecular weight is 471 g/mol. The first-order chi connectivity index (χ1) is 14.8. The fourth-order valence-corrected chi connectivity index (χ4v) is 3.54. The SMILES string of the molecule is CC(=O)NC1C(O)[C@@H](O)C(CO[C@]2(C(=O)O)C[C@@H](O)[C@@H](O)C([C@H](O)[C@H](O)CO)O2)O[C@H]1O. The monoisotopic (exact) mass is 471 g/mol. The third kappa shape index (κ3) is 5.52. The number of carbonyl (C=O) groups excluding carboxylic acids is 1. The number of aliphatic hydroxyl groups is 8. The first-order valence-corrected chi connectivity index (χ1v) is 9.69. The molecule has 10 N–H and O–H groups in total. The largest absolute Gasteiger partial charge is 0.477 e. The number of carbonyl (C=O) groups is 2. The van der Waals surface area contributed by atoms with E-state index in [1.54, 1.807) is 0 Å².